The van der Waals surface area contributed by atoms with Crippen LogP contribution in [0.25, 0.3) is 0 Å². The summed E-state index contributed by atoms with van der Waals surface area (Å²) in [5.74, 6) is -0.649. The summed E-state index contributed by atoms with van der Waals surface area (Å²) in [6.45, 7) is 1.41. The smallest absolute Gasteiger partial charge is 0.308 e. The summed E-state index contributed by atoms with van der Waals surface area (Å²) in [7, 11) is 5.49. The number of likely N-dealkylation sites (N-methyl/N-ethyl adjacent to an activating group) is 2. The summed E-state index contributed by atoms with van der Waals surface area (Å²) in [5.41, 5.74) is -0.806. The molecule has 1 aromatic rings. The Bertz CT molecular complexity index is 416. The van der Waals surface area contributed by atoms with Gasteiger partial charge in [0.15, 0.2) is 0 Å². The van der Waals surface area contributed by atoms with Crippen LogP contribution in [0.3, 0.4) is 0 Å². The SMILES string of the molecule is CN(C)CCN(C)Cc1cc(F)ccc1C(F)(F)F. The molecule has 0 heterocycles. The van der Waals surface area contributed by atoms with E-state index >= 15 is 0 Å². The molecular formula is C13H18F4N2. The second kappa shape index (κ2) is 6.34. The molecule has 2 nitrogen and oxygen atoms in total. The van der Waals surface area contributed by atoms with Crippen molar-refractivity contribution in [3.8, 4) is 0 Å². The van der Waals surface area contributed by atoms with E-state index in [-0.39, 0.29) is 12.1 Å². The van der Waals surface area contributed by atoms with E-state index in [4.69, 9.17) is 0 Å². The fraction of sp³-hybridized carbons (Fsp3) is 0.538. The first-order valence-corrected chi connectivity index (χ1v) is 5.89. The van der Waals surface area contributed by atoms with Gasteiger partial charge >= 0.3 is 6.18 Å². The van der Waals surface area contributed by atoms with Crippen LogP contribution >= 0.6 is 0 Å². The molecule has 0 saturated carbocycles. The lowest BCUT2D eigenvalue weighted by Crippen LogP contribution is -2.29. The van der Waals surface area contributed by atoms with E-state index in [0.717, 1.165) is 24.7 Å². The van der Waals surface area contributed by atoms with Gasteiger partial charge in [0, 0.05) is 19.6 Å². The number of nitrogens with zero attached hydrogens (tertiary/aromatic N) is 2. The first kappa shape index (κ1) is 15.9. The van der Waals surface area contributed by atoms with E-state index in [0.29, 0.717) is 6.54 Å². The lowest BCUT2D eigenvalue weighted by Gasteiger charge is -2.21. The minimum absolute atomic E-state index is 0.0336. The van der Waals surface area contributed by atoms with Gasteiger partial charge in [-0.25, -0.2) is 4.39 Å². The van der Waals surface area contributed by atoms with E-state index < -0.39 is 17.6 Å². The maximum Gasteiger partial charge on any atom is 0.416 e. The molecule has 0 aliphatic rings. The normalized spacial score (nSPS) is 12.5. The number of hydrogen-bond donors (Lipinski definition) is 0. The molecule has 0 saturated heterocycles. The standard InChI is InChI=1S/C13H18F4N2/c1-18(2)6-7-19(3)9-10-8-11(14)4-5-12(10)13(15,16)17/h4-5,8H,6-7,9H2,1-3H3. The van der Waals surface area contributed by atoms with Crippen molar-refractivity contribution in [2.75, 3.05) is 34.2 Å². The van der Waals surface area contributed by atoms with E-state index in [9.17, 15) is 17.6 Å². The zero-order valence-electron chi connectivity index (χ0n) is 11.3. The molecule has 0 amide bonds. The minimum atomic E-state index is -4.45. The molecule has 108 valence electrons. The molecule has 0 fully saturated rings. The van der Waals surface area contributed by atoms with Gasteiger partial charge in [-0.1, -0.05) is 0 Å². The molecule has 6 heteroatoms. The first-order chi connectivity index (χ1) is 8.70. The van der Waals surface area contributed by atoms with Crippen LogP contribution < -0.4 is 0 Å². The van der Waals surface area contributed by atoms with Crippen LogP contribution in [0.1, 0.15) is 11.1 Å². The highest BCUT2D eigenvalue weighted by molar-refractivity contribution is 5.30. The lowest BCUT2D eigenvalue weighted by molar-refractivity contribution is -0.138. The molecule has 0 radical (unpaired) electrons. The Morgan fingerprint density at radius 3 is 2.21 bits per heavy atom. The highest BCUT2D eigenvalue weighted by Gasteiger charge is 2.33. The summed E-state index contributed by atoms with van der Waals surface area (Å²) in [4.78, 5) is 3.68. The van der Waals surface area contributed by atoms with Crippen LogP contribution in [0.4, 0.5) is 17.6 Å². The second-order valence-corrected chi connectivity index (χ2v) is 4.84. The fourth-order valence-corrected chi connectivity index (χ4v) is 1.71. The quantitative estimate of drug-likeness (QED) is 0.764. The third-order valence-corrected chi connectivity index (χ3v) is 2.74. The van der Waals surface area contributed by atoms with Gasteiger partial charge in [0.25, 0.3) is 0 Å². The third-order valence-electron chi connectivity index (χ3n) is 2.74. The number of benzene rings is 1. The van der Waals surface area contributed by atoms with Crippen LogP contribution in [0.2, 0.25) is 0 Å². The zero-order valence-corrected chi connectivity index (χ0v) is 11.3. The highest BCUT2D eigenvalue weighted by atomic mass is 19.4. The van der Waals surface area contributed by atoms with Crippen LogP contribution in [0.15, 0.2) is 18.2 Å². The molecule has 1 aromatic carbocycles. The predicted octanol–water partition coefficient (Wildman–Crippen LogP) is 2.84. The molecule has 0 aliphatic heterocycles. The summed E-state index contributed by atoms with van der Waals surface area (Å²) in [6.07, 6.45) is -4.45. The van der Waals surface area contributed by atoms with Crippen LogP contribution in [0, 0.1) is 5.82 Å². The van der Waals surface area contributed by atoms with Crippen molar-refractivity contribution in [3.05, 3.63) is 35.1 Å². The minimum Gasteiger partial charge on any atom is -0.308 e. The van der Waals surface area contributed by atoms with Gasteiger partial charge in [0.1, 0.15) is 5.82 Å². The van der Waals surface area contributed by atoms with Crippen LogP contribution in [-0.4, -0.2) is 44.0 Å². The molecule has 1 rings (SSSR count). The maximum absolute atomic E-state index is 13.1. The molecule has 0 aromatic heterocycles. The average Bonchev–Trinajstić information content (AvgIpc) is 2.24. The Hall–Kier alpha value is -1.14. The van der Waals surface area contributed by atoms with E-state index in [1.165, 1.54) is 0 Å². The van der Waals surface area contributed by atoms with Crippen LogP contribution in [0.5, 0.6) is 0 Å². The van der Waals surface area contributed by atoms with Crippen molar-refractivity contribution in [1.82, 2.24) is 9.80 Å². The van der Waals surface area contributed by atoms with Crippen molar-refractivity contribution in [1.29, 1.82) is 0 Å². The maximum atomic E-state index is 13.1. The molecular weight excluding hydrogens is 260 g/mol. The summed E-state index contributed by atoms with van der Waals surface area (Å²) < 4.78 is 51.5. The number of rotatable bonds is 5. The Balaban J connectivity index is 2.84. The van der Waals surface area contributed by atoms with Gasteiger partial charge in [-0.05, 0) is 44.9 Å². The van der Waals surface area contributed by atoms with E-state index in [2.05, 4.69) is 0 Å². The van der Waals surface area contributed by atoms with Gasteiger partial charge in [-0.2, -0.15) is 13.2 Å². The van der Waals surface area contributed by atoms with E-state index in [1.807, 2.05) is 19.0 Å². The Labute approximate surface area is 110 Å². The van der Waals surface area contributed by atoms with E-state index in [1.54, 1.807) is 11.9 Å². The molecule has 19 heavy (non-hydrogen) atoms. The first-order valence-electron chi connectivity index (χ1n) is 5.89. The monoisotopic (exact) mass is 278 g/mol. The lowest BCUT2D eigenvalue weighted by atomic mass is 10.1. The van der Waals surface area contributed by atoms with Crippen molar-refractivity contribution in [2.45, 2.75) is 12.7 Å². The van der Waals surface area contributed by atoms with Crippen molar-refractivity contribution in [2.24, 2.45) is 0 Å². The van der Waals surface area contributed by atoms with Crippen molar-refractivity contribution in [3.63, 3.8) is 0 Å². The van der Waals surface area contributed by atoms with Crippen LogP contribution in [-0.2, 0) is 12.7 Å². The molecule has 0 unspecified atom stereocenters. The van der Waals surface area contributed by atoms with Gasteiger partial charge in [0.2, 0.25) is 0 Å². The molecule has 0 atom stereocenters. The molecule has 0 spiro atoms. The van der Waals surface area contributed by atoms with Gasteiger partial charge in [-0.3, -0.25) is 0 Å². The predicted molar refractivity (Wildman–Crippen MR) is 66.3 cm³/mol. The Kier molecular flexibility index (Phi) is 5.31. The molecule has 0 aliphatic carbocycles. The number of halogens is 4. The van der Waals surface area contributed by atoms with Gasteiger partial charge < -0.3 is 9.80 Å². The fourth-order valence-electron chi connectivity index (χ4n) is 1.71. The average molecular weight is 278 g/mol. The van der Waals surface area contributed by atoms with Gasteiger partial charge in [-0.15, -0.1) is 0 Å². The summed E-state index contributed by atoms with van der Waals surface area (Å²) in [5, 5.41) is 0. The Morgan fingerprint density at radius 2 is 1.68 bits per heavy atom. The van der Waals surface area contributed by atoms with Gasteiger partial charge in [0.05, 0.1) is 5.56 Å². The largest absolute Gasteiger partial charge is 0.416 e. The number of hydrogen-bond acceptors (Lipinski definition) is 2. The zero-order chi connectivity index (χ0) is 14.6. The third kappa shape index (κ3) is 5.16. The van der Waals surface area contributed by atoms with Crippen molar-refractivity contribution < 1.29 is 17.6 Å². The Morgan fingerprint density at radius 1 is 1.05 bits per heavy atom. The molecule has 0 N–H and O–H groups in total. The summed E-state index contributed by atoms with van der Waals surface area (Å²) >= 11 is 0. The summed E-state index contributed by atoms with van der Waals surface area (Å²) in [6, 6.07) is 2.59. The molecule has 0 bridgehead atoms. The second-order valence-electron chi connectivity index (χ2n) is 4.84. The highest BCUT2D eigenvalue weighted by Crippen LogP contribution is 2.32. The van der Waals surface area contributed by atoms with Crippen molar-refractivity contribution >= 4 is 0 Å². The number of alkyl halides is 3. The topological polar surface area (TPSA) is 6.48 Å².